The molecule has 1 fully saturated rings. The fraction of sp³-hybridized carbons (Fsp3) is 0.368. The number of nitrogens with one attached hydrogen (secondary N) is 1. The molecule has 2 heterocycles. The van der Waals surface area contributed by atoms with Crippen molar-refractivity contribution in [2.24, 2.45) is 4.40 Å². The van der Waals surface area contributed by atoms with E-state index in [0.29, 0.717) is 18.7 Å². The van der Waals surface area contributed by atoms with Gasteiger partial charge in [-0.3, -0.25) is 4.79 Å². The number of allylic oxidation sites excluding steroid dienone is 2. The molecule has 4 rings (SSSR count). The van der Waals surface area contributed by atoms with Crippen LogP contribution in [-0.4, -0.2) is 43.9 Å². The van der Waals surface area contributed by atoms with Gasteiger partial charge in [-0.1, -0.05) is 36.8 Å². The molecule has 0 spiro atoms. The number of hydrogen-bond acceptors (Lipinski definition) is 4. The monoisotopic (exact) mass is 371 g/mol. The first kappa shape index (κ1) is 17.0. The van der Waals surface area contributed by atoms with Gasteiger partial charge in [-0.25, -0.2) is 8.42 Å². The van der Waals surface area contributed by atoms with Gasteiger partial charge in [0.15, 0.2) is 5.84 Å². The maximum Gasteiger partial charge on any atom is 0.256 e. The minimum Gasteiger partial charge on any atom is -0.351 e. The van der Waals surface area contributed by atoms with Gasteiger partial charge in [0.2, 0.25) is 0 Å². The van der Waals surface area contributed by atoms with E-state index in [1.165, 1.54) is 5.56 Å². The van der Waals surface area contributed by atoms with E-state index in [4.69, 9.17) is 0 Å². The van der Waals surface area contributed by atoms with Crippen molar-refractivity contribution in [1.82, 2.24) is 10.2 Å². The lowest BCUT2D eigenvalue weighted by atomic mass is 9.64. The van der Waals surface area contributed by atoms with Gasteiger partial charge in [0.05, 0.1) is 11.3 Å². The molecule has 0 saturated heterocycles. The van der Waals surface area contributed by atoms with Gasteiger partial charge in [-0.15, -0.1) is 4.40 Å². The minimum atomic E-state index is -3.51. The summed E-state index contributed by atoms with van der Waals surface area (Å²) in [6.07, 6.45) is 8.36. The Kier molecular flexibility index (Phi) is 4.19. The first-order valence-corrected chi connectivity index (χ1v) is 10.4. The molecule has 1 aliphatic carbocycles. The third-order valence-electron chi connectivity index (χ3n) is 5.39. The lowest BCUT2D eigenvalue weighted by Crippen LogP contribution is -2.48. The summed E-state index contributed by atoms with van der Waals surface area (Å²) in [5.41, 5.74) is 1.52. The number of carbonyl (C=O) groups is 1. The third-order valence-corrected chi connectivity index (χ3v) is 6.54. The number of amides is 1. The predicted molar refractivity (Wildman–Crippen MR) is 100 cm³/mol. The Morgan fingerprint density at radius 1 is 1.23 bits per heavy atom. The number of sulfonamides is 1. The topological polar surface area (TPSA) is 78.8 Å². The Morgan fingerprint density at radius 3 is 2.69 bits per heavy atom. The molecule has 1 aromatic rings. The average molecular weight is 371 g/mol. The SMILES string of the molecule is O=C(NCC1(c2ccccc2)CCC1)C1=CC=CN2CCS(=O)(=O)N=C12. The molecule has 0 unspecified atom stereocenters. The number of fused-ring (bicyclic) bond motifs is 1. The lowest BCUT2D eigenvalue weighted by molar-refractivity contribution is -0.117. The molecule has 7 heteroatoms. The number of amidine groups is 1. The van der Waals surface area contributed by atoms with Crippen LogP contribution in [0, 0.1) is 0 Å². The highest BCUT2D eigenvalue weighted by Gasteiger charge is 2.39. The zero-order chi connectivity index (χ0) is 18.2. The van der Waals surface area contributed by atoms with Crippen LogP contribution in [0.25, 0.3) is 0 Å². The molecule has 0 bridgehead atoms. The summed E-state index contributed by atoms with van der Waals surface area (Å²) in [6.45, 7) is 0.854. The summed E-state index contributed by atoms with van der Waals surface area (Å²) in [6, 6.07) is 10.2. The first-order valence-electron chi connectivity index (χ1n) is 8.81. The number of carbonyl (C=O) groups excluding carboxylic acids is 1. The van der Waals surface area contributed by atoms with Crippen LogP contribution in [0.15, 0.2) is 58.7 Å². The van der Waals surface area contributed by atoms with Gasteiger partial charge < -0.3 is 10.2 Å². The molecule has 0 radical (unpaired) electrons. The second-order valence-corrected chi connectivity index (χ2v) is 8.75. The highest BCUT2D eigenvalue weighted by Crippen LogP contribution is 2.43. The van der Waals surface area contributed by atoms with Crippen molar-refractivity contribution in [2.75, 3.05) is 18.8 Å². The molecular weight excluding hydrogens is 350 g/mol. The van der Waals surface area contributed by atoms with Crippen LogP contribution in [-0.2, 0) is 20.2 Å². The van der Waals surface area contributed by atoms with E-state index in [1.807, 2.05) is 18.2 Å². The maximum absolute atomic E-state index is 12.8. The Labute approximate surface area is 153 Å². The van der Waals surface area contributed by atoms with Gasteiger partial charge in [-0.2, -0.15) is 0 Å². The normalized spacial score (nSPS) is 22.5. The van der Waals surface area contributed by atoms with Crippen molar-refractivity contribution in [1.29, 1.82) is 0 Å². The predicted octanol–water partition coefficient (Wildman–Crippen LogP) is 1.72. The summed E-state index contributed by atoms with van der Waals surface area (Å²) in [5, 5.41) is 3.01. The van der Waals surface area contributed by atoms with Crippen molar-refractivity contribution >= 4 is 21.8 Å². The van der Waals surface area contributed by atoms with E-state index in [-0.39, 0.29) is 22.9 Å². The van der Waals surface area contributed by atoms with E-state index < -0.39 is 10.0 Å². The van der Waals surface area contributed by atoms with Crippen molar-refractivity contribution in [2.45, 2.75) is 24.7 Å². The number of benzene rings is 1. The lowest BCUT2D eigenvalue weighted by Gasteiger charge is -2.42. The van der Waals surface area contributed by atoms with Crippen molar-refractivity contribution in [3.63, 3.8) is 0 Å². The zero-order valence-electron chi connectivity index (χ0n) is 14.4. The van der Waals surface area contributed by atoms with Crippen LogP contribution in [0.5, 0.6) is 0 Å². The average Bonchev–Trinajstić information content (AvgIpc) is 2.60. The Bertz CT molecular complexity index is 913. The van der Waals surface area contributed by atoms with Gasteiger partial charge in [0, 0.05) is 24.7 Å². The largest absolute Gasteiger partial charge is 0.351 e. The van der Waals surface area contributed by atoms with Crippen LogP contribution < -0.4 is 5.32 Å². The minimum absolute atomic E-state index is 0.0257. The standard InChI is InChI=1S/C19H21N3O3S/c23-18(16-8-4-11-22-12-13-26(24,25)21-17(16)22)20-14-19(9-5-10-19)15-6-2-1-3-7-15/h1-4,6-8,11H,5,9-10,12-14H2,(H,20,23). The maximum atomic E-state index is 12.8. The molecule has 0 atom stereocenters. The summed E-state index contributed by atoms with van der Waals surface area (Å²) in [5.74, 6) is -0.0941. The molecule has 26 heavy (non-hydrogen) atoms. The van der Waals surface area contributed by atoms with Gasteiger partial charge in [-0.05, 0) is 30.6 Å². The number of rotatable bonds is 4. The van der Waals surface area contributed by atoms with E-state index in [0.717, 1.165) is 19.3 Å². The highest BCUT2D eigenvalue weighted by atomic mass is 32.2. The quantitative estimate of drug-likeness (QED) is 0.874. The Balaban J connectivity index is 1.52. The molecule has 1 saturated carbocycles. The van der Waals surface area contributed by atoms with Gasteiger partial charge in [0.25, 0.3) is 15.9 Å². The zero-order valence-corrected chi connectivity index (χ0v) is 15.2. The molecular formula is C19H21N3O3S. The van der Waals surface area contributed by atoms with E-state index in [1.54, 1.807) is 23.3 Å². The number of nitrogens with zero attached hydrogens (tertiary/aromatic N) is 2. The fourth-order valence-electron chi connectivity index (χ4n) is 3.70. The van der Waals surface area contributed by atoms with Gasteiger partial charge >= 0.3 is 0 Å². The van der Waals surface area contributed by atoms with Crippen molar-refractivity contribution in [3.05, 3.63) is 59.8 Å². The Morgan fingerprint density at radius 2 is 2.00 bits per heavy atom. The summed E-state index contributed by atoms with van der Waals surface area (Å²) in [7, 11) is -3.51. The Hall–Kier alpha value is -2.41. The highest BCUT2D eigenvalue weighted by molar-refractivity contribution is 7.90. The molecule has 0 aromatic heterocycles. The summed E-state index contributed by atoms with van der Waals surface area (Å²) >= 11 is 0. The van der Waals surface area contributed by atoms with E-state index >= 15 is 0 Å². The van der Waals surface area contributed by atoms with Crippen LogP contribution >= 0.6 is 0 Å². The van der Waals surface area contributed by atoms with Crippen LogP contribution in [0.4, 0.5) is 0 Å². The van der Waals surface area contributed by atoms with E-state index in [2.05, 4.69) is 21.8 Å². The third kappa shape index (κ3) is 3.07. The van der Waals surface area contributed by atoms with E-state index in [9.17, 15) is 13.2 Å². The van der Waals surface area contributed by atoms with Crippen LogP contribution in [0.1, 0.15) is 24.8 Å². The fourth-order valence-corrected chi connectivity index (χ4v) is 4.69. The second-order valence-electron chi connectivity index (χ2n) is 7.00. The van der Waals surface area contributed by atoms with Crippen molar-refractivity contribution < 1.29 is 13.2 Å². The molecule has 1 amide bonds. The smallest absolute Gasteiger partial charge is 0.256 e. The van der Waals surface area contributed by atoms with Crippen LogP contribution in [0.2, 0.25) is 0 Å². The molecule has 136 valence electrons. The van der Waals surface area contributed by atoms with Crippen LogP contribution in [0.3, 0.4) is 0 Å². The molecule has 6 nitrogen and oxygen atoms in total. The number of hydrogen-bond donors (Lipinski definition) is 1. The van der Waals surface area contributed by atoms with Crippen molar-refractivity contribution in [3.8, 4) is 0 Å². The summed E-state index contributed by atoms with van der Waals surface area (Å²) in [4.78, 5) is 14.5. The molecule has 2 aliphatic heterocycles. The first-order chi connectivity index (χ1) is 12.5. The molecule has 1 aromatic carbocycles. The summed E-state index contributed by atoms with van der Waals surface area (Å²) < 4.78 is 27.5. The molecule has 3 aliphatic rings. The second kappa shape index (κ2) is 6.39. The van der Waals surface area contributed by atoms with Gasteiger partial charge in [0.1, 0.15) is 0 Å². The molecule has 1 N–H and O–H groups in total.